The van der Waals surface area contributed by atoms with Crippen molar-refractivity contribution in [1.82, 2.24) is 4.98 Å². The Balaban J connectivity index is 1.77. The van der Waals surface area contributed by atoms with Gasteiger partial charge in [0.15, 0.2) is 0 Å². The molecular formula is C16H16ClN3O. The van der Waals surface area contributed by atoms with Gasteiger partial charge in [0, 0.05) is 30.7 Å². The molecule has 108 valence electrons. The normalized spacial score (nSPS) is 14.2. The summed E-state index contributed by atoms with van der Waals surface area (Å²) in [5.74, 6) is -0.244. The zero-order chi connectivity index (χ0) is 14.7. The maximum Gasteiger partial charge on any atom is 0.258 e. The Hall–Kier alpha value is -2.07. The van der Waals surface area contributed by atoms with Crippen molar-refractivity contribution < 1.29 is 4.79 Å². The standard InChI is InChI=1S/C16H16ClN3O/c17-15-14(7-4-8-18-15)16(21)19-12-5-3-6-13(11-12)20-9-1-2-10-20/h3-8,11H,1-2,9-10H2,(H,19,21). The first-order valence-corrected chi connectivity index (χ1v) is 7.39. The van der Waals surface area contributed by atoms with E-state index in [2.05, 4.69) is 21.3 Å². The zero-order valence-electron chi connectivity index (χ0n) is 11.6. The van der Waals surface area contributed by atoms with E-state index in [1.807, 2.05) is 18.2 Å². The number of hydrogen-bond donors (Lipinski definition) is 1. The van der Waals surface area contributed by atoms with Gasteiger partial charge in [-0.25, -0.2) is 4.98 Å². The lowest BCUT2D eigenvalue weighted by Gasteiger charge is -2.18. The number of carbonyl (C=O) groups excluding carboxylic acids is 1. The third kappa shape index (κ3) is 3.16. The van der Waals surface area contributed by atoms with Gasteiger partial charge in [0.05, 0.1) is 5.56 Å². The van der Waals surface area contributed by atoms with Crippen LogP contribution in [0.15, 0.2) is 42.6 Å². The number of nitrogens with zero attached hydrogens (tertiary/aromatic N) is 2. The molecule has 0 bridgehead atoms. The molecule has 1 aliphatic rings. The van der Waals surface area contributed by atoms with Gasteiger partial charge in [0.2, 0.25) is 0 Å². The number of hydrogen-bond acceptors (Lipinski definition) is 3. The summed E-state index contributed by atoms with van der Waals surface area (Å²) in [6.45, 7) is 2.15. The third-order valence-corrected chi connectivity index (χ3v) is 3.88. The van der Waals surface area contributed by atoms with E-state index in [1.165, 1.54) is 12.8 Å². The van der Waals surface area contributed by atoms with Gasteiger partial charge in [0.25, 0.3) is 5.91 Å². The van der Waals surface area contributed by atoms with E-state index in [-0.39, 0.29) is 11.1 Å². The molecule has 0 radical (unpaired) electrons. The molecule has 2 aromatic rings. The first-order valence-electron chi connectivity index (χ1n) is 7.01. The molecule has 1 aliphatic heterocycles. The SMILES string of the molecule is O=C(Nc1cccc(N2CCCC2)c1)c1cccnc1Cl. The lowest BCUT2D eigenvalue weighted by Crippen LogP contribution is -2.18. The third-order valence-electron chi connectivity index (χ3n) is 3.58. The summed E-state index contributed by atoms with van der Waals surface area (Å²) >= 11 is 5.94. The molecule has 1 aromatic heterocycles. The molecule has 5 heteroatoms. The molecule has 0 saturated carbocycles. The second-order valence-electron chi connectivity index (χ2n) is 5.04. The molecule has 0 spiro atoms. The molecule has 1 amide bonds. The van der Waals surface area contributed by atoms with Crippen molar-refractivity contribution in [2.24, 2.45) is 0 Å². The van der Waals surface area contributed by atoms with Crippen LogP contribution in [0.4, 0.5) is 11.4 Å². The maximum atomic E-state index is 12.2. The quantitative estimate of drug-likeness (QED) is 0.881. The summed E-state index contributed by atoms with van der Waals surface area (Å²) in [5.41, 5.74) is 2.29. The minimum absolute atomic E-state index is 0.214. The summed E-state index contributed by atoms with van der Waals surface area (Å²) < 4.78 is 0. The molecule has 4 nitrogen and oxygen atoms in total. The molecule has 21 heavy (non-hydrogen) atoms. The van der Waals surface area contributed by atoms with Crippen LogP contribution in [-0.4, -0.2) is 24.0 Å². The Kier molecular flexibility index (Phi) is 4.06. The van der Waals surface area contributed by atoms with Crippen LogP contribution in [0.2, 0.25) is 5.15 Å². The fraction of sp³-hybridized carbons (Fsp3) is 0.250. The van der Waals surface area contributed by atoms with E-state index >= 15 is 0 Å². The maximum absolute atomic E-state index is 12.2. The van der Waals surface area contributed by atoms with Crippen molar-refractivity contribution >= 4 is 28.9 Å². The Labute approximate surface area is 128 Å². The van der Waals surface area contributed by atoms with Crippen molar-refractivity contribution in [3.05, 3.63) is 53.3 Å². The van der Waals surface area contributed by atoms with Gasteiger partial charge in [-0.15, -0.1) is 0 Å². The van der Waals surface area contributed by atoms with Crippen molar-refractivity contribution in [2.75, 3.05) is 23.3 Å². The first-order chi connectivity index (χ1) is 10.2. The molecule has 1 fully saturated rings. The smallest absolute Gasteiger partial charge is 0.258 e. The minimum atomic E-state index is -0.244. The average molecular weight is 302 g/mol. The van der Waals surface area contributed by atoms with E-state index in [4.69, 9.17) is 11.6 Å². The van der Waals surface area contributed by atoms with Gasteiger partial charge < -0.3 is 10.2 Å². The summed E-state index contributed by atoms with van der Waals surface area (Å²) in [6.07, 6.45) is 4.01. The summed E-state index contributed by atoms with van der Waals surface area (Å²) in [6, 6.07) is 11.2. The Morgan fingerprint density at radius 1 is 1.19 bits per heavy atom. The van der Waals surface area contributed by atoms with E-state index in [0.29, 0.717) is 5.56 Å². The predicted octanol–water partition coefficient (Wildman–Crippen LogP) is 3.59. The van der Waals surface area contributed by atoms with Crippen molar-refractivity contribution in [3.8, 4) is 0 Å². The second kappa shape index (κ2) is 6.14. The number of amides is 1. The van der Waals surface area contributed by atoms with Gasteiger partial charge >= 0.3 is 0 Å². The number of pyridine rings is 1. The summed E-state index contributed by atoms with van der Waals surface area (Å²) in [4.78, 5) is 18.5. The number of halogens is 1. The van der Waals surface area contributed by atoms with Crippen LogP contribution in [-0.2, 0) is 0 Å². The van der Waals surface area contributed by atoms with Gasteiger partial charge in [0.1, 0.15) is 5.15 Å². The van der Waals surface area contributed by atoms with Crippen LogP contribution in [0.5, 0.6) is 0 Å². The lowest BCUT2D eigenvalue weighted by molar-refractivity contribution is 0.102. The Bertz CT molecular complexity index is 653. The molecule has 2 heterocycles. The van der Waals surface area contributed by atoms with Crippen molar-refractivity contribution in [2.45, 2.75) is 12.8 Å². The van der Waals surface area contributed by atoms with Gasteiger partial charge in [-0.1, -0.05) is 17.7 Å². The van der Waals surface area contributed by atoms with Gasteiger partial charge in [-0.05, 0) is 43.2 Å². The molecule has 0 aliphatic carbocycles. The van der Waals surface area contributed by atoms with Crippen molar-refractivity contribution in [1.29, 1.82) is 0 Å². The van der Waals surface area contributed by atoms with E-state index < -0.39 is 0 Å². The van der Waals surface area contributed by atoms with Crippen LogP contribution >= 0.6 is 11.6 Å². The van der Waals surface area contributed by atoms with Crippen LogP contribution in [0, 0.1) is 0 Å². The van der Waals surface area contributed by atoms with E-state index in [0.717, 1.165) is 24.5 Å². The van der Waals surface area contributed by atoms with Crippen LogP contribution < -0.4 is 10.2 Å². The molecule has 1 N–H and O–H groups in total. The topological polar surface area (TPSA) is 45.2 Å². The second-order valence-corrected chi connectivity index (χ2v) is 5.40. The highest BCUT2D eigenvalue weighted by Crippen LogP contribution is 2.24. The highest BCUT2D eigenvalue weighted by Gasteiger charge is 2.14. The molecule has 0 atom stereocenters. The molecule has 0 unspecified atom stereocenters. The lowest BCUT2D eigenvalue weighted by atomic mass is 10.2. The van der Waals surface area contributed by atoms with Crippen LogP contribution in [0.1, 0.15) is 23.2 Å². The summed E-state index contributed by atoms with van der Waals surface area (Å²) in [5, 5.41) is 3.09. The number of benzene rings is 1. The molecule has 3 rings (SSSR count). The predicted molar refractivity (Wildman–Crippen MR) is 85.1 cm³/mol. The van der Waals surface area contributed by atoms with Crippen LogP contribution in [0.25, 0.3) is 0 Å². The van der Waals surface area contributed by atoms with Crippen LogP contribution in [0.3, 0.4) is 0 Å². The monoisotopic (exact) mass is 301 g/mol. The number of rotatable bonds is 3. The fourth-order valence-electron chi connectivity index (χ4n) is 2.51. The minimum Gasteiger partial charge on any atom is -0.371 e. The molecule has 1 aromatic carbocycles. The molecular weight excluding hydrogens is 286 g/mol. The number of anilines is 2. The summed E-state index contributed by atoms with van der Waals surface area (Å²) in [7, 11) is 0. The number of carbonyl (C=O) groups is 1. The first kappa shape index (κ1) is 13.9. The van der Waals surface area contributed by atoms with E-state index in [1.54, 1.807) is 18.3 Å². The largest absolute Gasteiger partial charge is 0.371 e. The highest BCUT2D eigenvalue weighted by atomic mass is 35.5. The zero-order valence-corrected chi connectivity index (χ0v) is 12.3. The Morgan fingerprint density at radius 3 is 2.76 bits per heavy atom. The average Bonchev–Trinajstić information content (AvgIpc) is 3.02. The fourth-order valence-corrected chi connectivity index (χ4v) is 2.71. The highest BCUT2D eigenvalue weighted by molar-refractivity contribution is 6.33. The van der Waals surface area contributed by atoms with Gasteiger partial charge in [-0.2, -0.15) is 0 Å². The Morgan fingerprint density at radius 2 is 2.00 bits per heavy atom. The van der Waals surface area contributed by atoms with Crippen molar-refractivity contribution in [3.63, 3.8) is 0 Å². The molecule has 1 saturated heterocycles. The van der Waals surface area contributed by atoms with Gasteiger partial charge in [-0.3, -0.25) is 4.79 Å². The number of nitrogens with one attached hydrogen (secondary N) is 1. The number of aromatic nitrogens is 1. The van der Waals surface area contributed by atoms with E-state index in [9.17, 15) is 4.79 Å².